The first-order chi connectivity index (χ1) is 11.6. The lowest BCUT2D eigenvalue weighted by atomic mass is 10.2. The summed E-state index contributed by atoms with van der Waals surface area (Å²) in [5.74, 6) is 1.58. The Kier molecular flexibility index (Phi) is 4.59. The van der Waals surface area contributed by atoms with Crippen LogP contribution in [0.15, 0.2) is 24.3 Å². The zero-order valence-corrected chi connectivity index (χ0v) is 14.2. The van der Waals surface area contributed by atoms with Crippen molar-refractivity contribution in [3.8, 4) is 5.75 Å². The second-order valence-electron chi connectivity index (χ2n) is 5.79. The lowest BCUT2D eigenvalue weighted by Crippen LogP contribution is -2.47. The van der Waals surface area contributed by atoms with Gasteiger partial charge in [-0.2, -0.15) is 4.98 Å². The number of nitrogen functional groups attached to an aromatic ring is 2. The Balaban J connectivity index is 1.76. The molecule has 7 heteroatoms. The fourth-order valence-corrected chi connectivity index (χ4v) is 3.13. The molecule has 0 aliphatic carbocycles. The summed E-state index contributed by atoms with van der Waals surface area (Å²) in [6, 6.07) is 8.14. The minimum Gasteiger partial charge on any atom is -0.497 e. The summed E-state index contributed by atoms with van der Waals surface area (Å²) >= 11 is 0. The molecule has 1 aliphatic rings. The van der Waals surface area contributed by atoms with Gasteiger partial charge in [0.25, 0.3) is 0 Å². The van der Waals surface area contributed by atoms with Gasteiger partial charge in [-0.15, -0.1) is 0 Å². The van der Waals surface area contributed by atoms with Crippen molar-refractivity contribution >= 4 is 23.1 Å². The van der Waals surface area contributed by atoms with Crippen molar-refractivity contribution in [2.45, 2.75) is 13.3 Å². The molecule has 1 aromatic heterocycles. The van der Waals surface area contributed by atoms with E-state index in [0.717, 1.165) is 49.7 Å². The zero-order chi connectivity index (χ0) is 17.1. The Morgan fingerprint density at radius 3 is 2.46 bits per heavy atom. The molecule has 0 unspecified atom stereocenters. The largest absolute Gasteiger partial charge is 0.497 e. The van der Waals surface area contributed by atoms with Gasteiger partial charge in [-0.3, -0.25) is 0 Å². The second kappa shape index (κ2) is 6.82. The molecule has 2 aromatic rings. The second-order valence-corrected chi connectivity index (χ2v) is 5.79. The molecule has 0 radical (unpaired) electrons. The molecule has 0 atom stereocenters. The molecular formula is C17H24N6O. The van der Waals surface area contributed by atoms with Crippen molar-refractivity contribution in [3.05, 3.63) is 30.0 Å². The van der Waals surface area contributed by atoms with Gasteiger partial charge in [0.2, 0.25) is 5.95 Å². The molecule has 1 aromatic carbocycles. The lowest BCUT2D eigenvalue weighted by molar-refractivity contribution is 0.414. The monoisotopic (exact) mass is 328 g/mol. The quantitative estimate of drug-likeness (QED) is 0.879. The summed E-state index contributed by atoms with van der Waals surface area (Å²) in [6.07, 6.45) is 0.780. The first-order valence-corrected chi connectivity index (χ1v) is 8.18. The van der Waals surface area contributed by atoms with Crippen LogP contribution < -0.4 is 26.0 Å². The van der Waals surface area contributed by atoms with Crippen molar-refractivity contribution in [1.82, 2.24) is 9.97 Å². The Labute approximate surface area is 142 Å². The van der Waals surface area contributed by atoms with Crippen LogP contribution in [0.3, 0.4) is 0 Å². The van der Waals surface area contributed by atoms with Crippen LogP contribution in [0.4, 0.5) is 23.1 Å². The first-order valence-electron chi connectivity index (χ1n) is 8.18. The third-order valence-corrected chi connectivity index (χ3v) is 4.35. The minimum atomic E-state index is 0.239. The maximum absolute atomic E-state index is 6.11. The van der Waals surface area contributed by atoms with E-state index in [-0.39, 0.29) is 5.95 Å². The average molecular weight is 328 g/mol. The van der Waals surface area contributed by atoms with Crippen LogP contribution in [0.5, 0.6) is 5.75 Å². The summed E-state index contributed by atoms with van der Waals surface area (Å²) in [5, 5.41) is 0. The maximum atomic E-state index is 6.11. The number of benzene rings is 1. The number of nitrogens with two attached hydrogens (primary N) is 2. The number of aryl methyl sites for hydroxylation is 1. The molecule has 1 aliphatic heterocycles. The molecule has 24 heavy (non-hydrogen) atoms. The van der Waals surface area contributed by atoms with Gasteiger partial charge in [-0.25, -0.2) is 4.98 Å². The first kappa shape index (κ1) is 16.2. The molecule has 2 heterocycles. The molecule has 3 rings (SSSR count). The Bertz CT molecular complexity index is 712. The van der Waals surface area contributed by atoms with Gasteiger partial charge in [0.05, 0.1) is 12.8 Å². The smallest absolute Gasteiger partial charge is 0.222 e. The molecule has 128 valence electrons. The van der Waals surface area contributed by atoms with Gasteiger partial charge in [-0.05, 0) is 18.6 Å². The maximum Gasteiger partial charge on any atom is 0.222 e. The molecule has 0 spiro atoms. The van der Waals surface area contributed by atoms with Crippen molar-refractivity contribution in [2.24, 2.45) is 0 Å². The summed E-state index contributed by atoms with van der Waals surface area (Å²) in [7, 11) is 1.69. The van der Waals surface area contributed by atoms with Gasteiger partial charge in [0.1, 0.15) is 11.4 Å². The molecule has 1 fully saturated rings. The van der Waals surface area contributed by atoms with Gasteiger partial charge < -0.3 is 26.0 Å². The van der Waals surface area contributed by atoms with E-state index >= 15 is 0 Å². The molecular weight excluding hydrogens is 304 g/mol. The molecule has 1 saturated heterocycles. The average Bonchev–Trinajstić information content (AvgIpc) is 2.61. The predicted molar refractivity (Wildman–Crippen MR) is 97.7 cm³/mol. The van der Waals surface area contributed by atoms with Crippen LogP contribution in [-0.2, 0) is 6.42 Å². The minimum absolute atomic E-state index is 0.239. The summed E-state index contributed by atoms with van der Waals surface area (Å²) in [4.78, 5) is 13.1. The Hall–Kier alpha value is -2.70. The SMILES string of the molecule is CCc1nc(N)nc(N)c1N1CCN(c2cccc(OC)c2)CC1. The number of piperazine rings is 1. The summed E-state index contributed by atoms with van der Waals surface area (Å²) in [5.41, 5.74) is 14.8. The predicted octanol–water partition coefficient (Wildman–Crippen LogP) is 1.54. The van der Waals surface area contributed by atoms with E-state index < -0.39 is 0 Å². The van der Waals surface area contributed by atoms with Crippen LogP contribution in [-0.4, -0.2) is 43.3 Å². The van der Waals surface area contributed by atoms with E-state index in [9.17, 15) is 0 Å². The standard InChI is InChI=1S/C17H24N6O/c1-3-14-15(16(18)21-17(19)20-14)23-9-7-22(8-10-23)12-5-4-6-13(11-12)24-2/h4-6,11H,3,7-10H2,1-2H3,(H4,18,19,20,21). The van der Waals surface area contributed by atoms with Crippen molar-refractivity contribution < 1.29 is 4.74 Å². The number of aromatic nitrogens is 2. The van der Waals surface area contributed by atoms with Crippen LogP contribution in [0.1, 0.15) is 12.6 Å². The number of hydrogen-bond donors (Lipinski definition) is 2. The van der Waals surface area contributed by atoms with Gasteiger partial charge in [0.15, 0.2) is 5.82 Å². The van der Waals surface area contributed by atoms with Crippen molar-refractivity contribution in [1.29, 1.82) is 0 Å². The summed E-state index contributed by atoms with van der Waals surface area (Å²) < 4.78 is 5.31. The van der Waals surface area contributed by atoms with E-state index in [1.807, 2.05) is 12.1 Å². The van der Waals surface area contributed by atoms with E-state index in [0.29, 0.717) is 5.82 Å². The number of nitrogens with zero attached hydrogens (tertiary/aromatic N) is 4. The number of methoxy groups -OCH3 is 1. The third-order valence-electron chi connectivity index (χ3n) is 4.35. The topological polar surface area (TPSA) is 93.5 Å². The van der Waals surface area contributed by atoms with Crippen LogP contribution in [0.2, 0.25) is 0 Å². The number of hydrogen-bond acceptors (Lipinski definition) is 7. The van der Waals surface area contributed by atoms with E-state index in [4.69, 9.17) is 16.2 Å². The lowest BCUT2D eigenvalue weighted by Gasteiger charge is -2.38. The fourth-order valence-electron chi connectivity index (χ4n) is 3.13. The Morgan fingerprint density at radius 2 is 1.79 bits per heavy atom. The van der Waals surface area contributed by atoms with E-state index in [1.54, 1.807) is 7.11 Å². The highest BCUT2D eigenvalue weighted by molar-refractivity contribution is 5.68. The number of anilines is 4. The van der Waals surface area contributed by atoms with Gasteiger partial charge in [-0.1, -0.05) is 13.0 Å². The van der Waals surface area contributed by atoms with Crippen LogP contribution in [0.25, 0.3) is 0 Å². The highest BCUT2D eigenvalue weighted by atomic mass is 16.5. The van der Waals surface area contributed by atoms with E-state index in [1.165, 1.54) is 5.69 Å². The van der Waals surface area contributed by atoms with E-state index in [2.05, 4.69) is 38.8 Å². The molecule has 7 nitrogen and oxygen atoms in total. The normalized spacial score (nSPS) is 14.8. The highest BCUT2D eigenvalue weighted by Gasteiger charge is 2.23. The van der Waals surface area contributed by atoms with Crippen molar-refractivity contribution in [2.75, 3.05) is 54.6 Å². The van der Waals surface area contributed by atoms with Crippen molar-refractivity contribution in [3.63, 3.8) is 0 Å². The molecule has 0 amide bonds. The number of rotatable bonds is 4. The highest BCUT2D eigenvalue weighted by Crippen LogP contribution is 2.29. The van der Waals surface area contributed by atoms with Gasteiger partial charge in [0, 0.05) is 37.9 Å². The molecule has 4 N–H and O–H groups in total. The Morgan fingerprint density at radius 1 is 1.08 bits per heavy atom. The molecule has 0 saturated carbocycles. The molecule has 0 bridgehead atoms. The summed E-state index contributed by atoms with van der Waals surface area (Å²) in [6.45, 7) is 5.58. The third kappa shape index (κ3) is 3.15. The van der Waals surface area contributed by atoms with Crippen LogP contribution >= 0.6 is 0 Å². The zero-order valence-electron chi connectivity index (χ0n) is 14.2. The van der Waals surface area contributed by atoms with Crippen LogP contribution in [0, 0.1) is 0 Å². The van der Waals surface area contributed by atoms with Gasteiger partial charge >= 0.3 is 0 Å². The number of ether oxygens (including phenoxy) is 1. The fraction of sp³-hybridized carbons (Fsp3) is 0.412.